The Morgan fingerprint density at radius 1 is 0.810 bits per heavy atom. The highest BCUT2D eigenvalue weighted by Crippen LogP contribution is 2.33. The van der Waals surface area contributed by atoms with Gasteiger partial charge in [-0.25, -0.2) is 0 Å². The van der Waals surface area contributed by atoms with E-state index in [4.69, 9.17) is 4.74 Å². The summed E-state index contributed by atoms with van der Waals surface area (Å²) < 4.78 is 5.48. The second-order valence-corrected chi connectivity index (χ2v) is 5.04. The van der Waals surface area contributed by atoms with Gasteiger partial charge in [0.2, 0.25) is 0 Å². The van der Waals surface area contributed by atoms with Gasteiger partial charge in [-0.2, -0.15) is 0 Å². The van der Waals surface area contributed by atoms with E-state index in [0.29, 0.717) is 0 Å². The van der Waals surface area contributed by atoms with Crippen molar-refractivity contribution in [1.82, 2.24) is 5.32 Å². The normalized spacial score (nSPS) is 12.3. The van der Waals surface area contributed by atoms with Crippen LogP contribution in [-0.2, 0) is 0 Å². The third-order valence-corrected chi connectivity index (χ3v) is 3.87. The monoisotopic (exact) mass is 277 g/mol. The Morgan fingerprint density at radius 2 is 1.48 bits per heavy atom. The second-order valence-electron chi connectivity index (χ2n) is 5.04. The molecule has 0 spiro atoms. The van der Waals surface area contributed by atoms with E-state index in [2.05, 4.69) is 53.8 Å². The van der Waals surface area contributed by atoms with E-state index in [0.717, 1.165) is 11.1 Å². The maximum absolute atomic E-state index is 5.48. The summed E-state index contributed by atoms with van der Waals surface area (Å²) in [6, 6.07) is 23.2. The van der Waals surface area contributed by atoms with Gasteiger partial charge in [-0.15, -0.1) is 0 Å². The molecular formula is C19H19NO. The predicted molar refractivity (Wildman–Crippen MR) is 87.8 cm³/mol. The van der Waals surface area contributed by atoms with Crippen molar-refractivity contribution in [3.05, 3.63) is 77.9 Å². The van der Waals surface area contributed by atoms with Gasteiger partial charge in [-0.1, -0.05) is 60.7 Å². The molecule has 0 saturated heterocycles. The van der Waals surface area contributed by atoms with Crippen LogP contribution in [0.15, 0.2) is 66.7 Å². The molecule has 0 amide bonds. The molecule has 3 aromatic carbocycles. The molecule has 3 aromatic rings. The second kappa shape index (κ2) is 5.98. The van der Waals surface area contributed by atoms with Crippen LogP contribution < -0.4 is 10.1 Å². The fourth-order valence-corrected chi connectivity index (χ4v) is 2.87. The minimum absolute atomic E-state index is 0.169. The topological polar surface area (TPSA) is 21.3 Å². The first-order valence-electron chi connectivity index (χ1n) is 7.13. The van der Waals surface area contributed by atoms with Crippen molar-refractivity contribution < 1.29 is 4.74 Å². The van der Waals surface area contributed by atoms with Crippen molar-refractivity contribution in [3.63, 3.8) is 0 Å². The van der Waals surface area contributed by atoms with Crippen LogP contribution in [0.2, 0.25) is 0 Å². The van der Waals surface area contributed by atoms with Gasteiger partial charge in [0, 0.05) is 5.39 Å². The number of hydrogen-bond donors (Lipinski definition) is 1. The first-order valence-corrected chi connectivity index (χ1v) is 7.13. The zero-order valence-corrected chi connectivity index (χ0v) is 12.3. The van der Waals surface area contributed by atoms with Crippen LogP contribution in [0, 0.1) is 0 Å². The summed E-state index contributed by atoms with van der Waals surface area (Å²) in [7, 11) is 3.71. The maximum atomic E-state index is 5.48. The van der Waals surface area contributed by atoms with Crippen LogP contribution in [0.3, 0.4) is 0 Å². The molecule has 1 unspecified atom stereocenters. The van der Waals surface area contributed by atoms with Gasteiger partial charge >= 0.3 is 0 Å². The highest BCUT2D eigenvalue weighted by Gasteiger charge is 2.15. The molecule has 21 heavy (non-hydrogen) atoms. The molecule has 3 rings (SSSR count). The summed E-state index contributed by atoms with van der Waals surface area (Å²) in [5, 5.41) is 5.79. The van der Waals surface area contributed by atoms with E-state index in [1.807, 2.05) is 25.2 Å². The number of methoxy groups -OCH3 is 1. The molecule has 0 radical (unpaired) electrons. The van der Waals surface area contributed by atoms with E-state index in [-0.39, 0.29) is 6.04 Å². The summed E-state index contributed by atoms with van der Waals surface area (Å²) in [5.74, 6) is 0.914. The number of ether oxygens (including phenoxy) is 1. The van der Waals surface area contributed by atoms with Crippen LogP contribution >= 0.6 is 0 Å². The number of benzene rings is 3. The molecule has 2 heteroatoms. The lowest BCUT2D eigenvalue weighted by Crippen LogP contribution is -2.17. The Morgan fingerprint density at radius 3 is 2.14 bits per heavy atom. The smallest absolute Gasteiger partial charge is 0.126 e. The molecule has 1 atom stereocenters. The van der Waals surface area contributed by atoms with Crippen molar-refractivity contribution in [3.8, 4) is 5.75 Å². The molecule has 0 bridgehead atoms. The summed E-state index contributed by atoms with van der Waals surface area (Å²) in [4.78, 5) is 0. The fraction of sp³-hybridized carbons (Fsp3) is 0.158. The lowest BCUT2D eigenvalue weighted by atomic mass is 9.93. The highest BCUT2D eigenvalue weighted by molar-refractivity contribution is 5.91. The van der Waals surface area contributed by atoms with Gasteiger partial charge in [0.05, 0.1) is 13.2 Å². The van der Waals surface area contributed by atoms with E-state index in [1.54, 1.807) is 7.11 Å². The lowest BCUT2D eigenvalue weighted by molar-refractivity contribution is 0.419. The Kier molecular flexibility index (Phi) is 3.89. The zero-order chi connectivity index (χ0) is 14.7. The third-order valence-electron chi connectivity index (χ3n) is 3.87. The predicted octanol–water partition coefficient (Wildman–Crippen LogP) is 4.16. The molecule has 1 N–H and O–H groups in total. The molecule has 0 aliphatic rings. The number of fused-ring (bicyclic) bond motifs is 1. The minimum atomic E-state index is 0.169. The Hall–Kier alpha value is -2.32. The fourth-order valence-electron chi connectivity index (χ4n) is 2.87. The van der Waals surface area contributed by atoms with Crippen LogP contribution in [0.1, 0.15) is 17.2 Å². The minimum Gasteiger partial charge on any atom is -0.496 e. The van der Waals surface area contributed by atoms with E-state index < -0.39 is 0 Å². The average Bonchev–Trinajstić information content (AvgIpc) is 2.56. The van der Waals surface area contributed by atoms with Crippen molar-refractivity contribution in [2.24, 2.45) is 0 Å². The summed E-state index contributed by atoms with van der Waals surface area (Å²) in [6.45, 7) is 0. The highest BCUT2D eigenvalue weighted by atomic mass is 16.5. The standard InChI is InChI=1S/C19H19NO/c1-20-19(14-8-4-3-5-9-14)17-12-13-18(21-2)16-11-7-6-10-15(16)17/h3-13,19-20H,1-2H3. The quantitative estimate of drug-likeness (QED) is 0.773. The van der Waals surface area contributed by atoms with Crippen LogP contribution in [0.25, 0.3) is 10.8 Å². The SMILES string of the molecule is CNC(c1ccccc1)c1ccc(OC)c2ccccc12. The molecule has 0 aliphatic carbocycles. The van der Waals surface area contributed by atoms with Crippen molar-refractivity contribution in [2.75, 3.05) is 14.2 Å². The Balaban J connectivity index is 2.20. The van der Waals surface area contributed by atoms with Gasteiger partial charge in [0.1, 0.15) is 5.75 Å². The van der Waals surface area contributed by atoms with Crippen LogP contribution in [0.4, 0.5) is 0 Å². The first-order chi connectivity index (χ1) is 10.3. The van der Waals surface area contributed by atoms with Gasteiger partial charge < -0.3 is 10.1 Å². The largest absolute Gasteiger partial charge is 0.496 e. The molecule has 0 fully saturated rings. The Bertz CT molecular complexity index is 737. The molecule has 2 nitrogen and oxygen atoms in total. The summed E-state index contributed by atoms with van der Waals surface area (Å²) >= 11 is 0. The van der Waals surface area contributed by atoms with Crippen LogP contribution in [0.5, 0.6) is 5.75 Å². The first kappa shape index (κ1) is 13.7. The summed E-state index contributed by atoms with van der Waals surface area (Å²) in [6.07, 6.45) is 0. The molecule has 0 saturated carbocycles. The molecular weight excluding hydrogens is 258 g/mol. The molecule has 0 heterocycles. The van der Waals surface area contributed by atoms with E-state index >= 15 is 0 Å². The van der Waals surface area contributed by atoms with E-state index in [1.165, 1.54) is 16.5 Å². The summed E-state index contributed by atoms with van der Waals surface area (Å²) in [5.41, 5.74) is 2.52. The number of hydrogen-bond acceptors (Lipinski definition) is 2. The van der Waals surface area contributed by atoms with E-state index in [9.17, 15) is 0 Å². The molecule has 0 aliphatic heterocycles. The molecule has 0 aromatic heterocycles. The van der Waals surface area contributed by atoms with Crippen LogP contribution in [-0.4, -0.2) is 14.2 Å². The van der Waals surface area contributed by atoms with Gasteiger partial charge in [0.25, 0.3) is 0 Å². The lowest BCUT2D eigenvalue weighted by Gasteiger charge is -2.20. The van der Waals surface area contributed by atoms with Gasteiger partial charge in [0.15, 0.2) is 0 Å². The average molecular weight is 277 g/mol. The maximum Gasteiger partial charge on any atom is 0.126 e. The van der Waals surface area contributed by atoms with Gasteiger partial charge in [-0.05, 0) is 29.6 Å². The van der Waals surface area contributed by atoms with Crippen molar-refractivity contribution in [2.45, 2.75) is 6.04 Å². The van der Waals surface area contributed by atoms with Crippen molar-refractivity contribution in [1.29, 1.82) is 0 Å². The number of nitrogens with one attached hydrogen (secondary N) is 1. The zero-order valence-electron chi connectivity index (χ0n) is 12.3. The molecule has 106 valence electrons. The van der Waals surface area contributed by atoms with Crippen molar-refractivity contribution >= 4 is 10.8 Å². The number of rotatable bonds is 4. The Labute approximate surface area is 125 Å². The third kappa shape index (κ3) is 2.50. The van der Waals surface area contributed by atoms with Gasteiger partial charge in [-0.3, -0.25) is 0 Å².